The molecule has 0 fully saturated rings. The van der Waals surface area contributed by atoms with Crippen LogP contribution < -0.4 is 0 Å². The maximum absolute atomic E-state index is 5.55. The van der Waals surface area contributed by atoms with Gasteiger partial charge in [-0.05, 0) is 41.3 Å². The van der Waals surface area contributed by atoms with Crippen LogP contribution in [0, 0.1) is 24.7 Å². The van der Waals surface area contributed by atoms with Gasteiger partial charge in [-0.15, -0.1) is 12.8 Å². The molecule has 0 spiro atoms. The number of hydrogen-bond donors (Lipinski definition) is 0. The lowest BCUT2D eigenvalue weighted by Crippen LogP contribution is -1.84. The molecule has 2 aromatic rings. The van der Waals surface area contributed by atoms with E-state index in [1.54, 1.807) is 0 Å². The van der Waals surface area contributed by atoms with Crippen LogP contribution in [0.25, 0.3) is 11.1 Å². The lowest BCUT2D eigenvalue weighted by Gasteiger charge is -2.04. The van der Waals surface area contributed by atoms with Crippen LogP contribution in [0.1, 0.15) is 22.3 Å². The summed E-state index contributed by atoms with van der Waals surface area (Å²) < 4.78 is 0. The van der Waals surface area contributed by atoms with Gasteiger partial charge in [-0.3, -0.25) is 0 Å². The summed E-state index contributed by atoms with van der Waals surface area (Å²) in [5.74, 6) is 5.43. The van der Waals surface area contributed by atoms with E-state index in [0.717, 1.165) is 17.5 Å². The minimum Gasteiger partial charge on any atom is -0.115 e. The number of rotatable bonds is 0. The van der Waals surface area contributed by atoms with E-state index in [2.05, 4.69) is 30.0 Å². The number of hydrogen-bond acceptors (Lipinski definition) is 0. The van der Waals surface area contributed by atoms with Crippen molar-refractivity contribution >= 4 is 0 Å². The average molecular weight is 214 g/mol. The maximum Gasteiger partial charge on any atom is 0.0324 e. The van der Waals surface area contributed by atoms with E-state index in [0.29, 0.717) is 0 Å². The molecule has 0 nitrogen and oxygen atoms in total. The molecule has 0 heteroatoms. The van der Waals surface area contributed by atoms with Crippen LogP contribution in [0.15, 0.2) is 36.4 Å². The van der Waals surface area contributed by atoms with Crippen LogP contribution in [0.3, 0.4) is 0 Å². The van der Waals surface area contributed by atoms with Crippen molar-refractivity contribution in [1.29, 1.82) is 0 Å². The molecule has 1 aliphatic carbocycles. The Balaban J connectivity index is 2.29. The average Bonchev–Trinajstić information content (AvgIpc) is 2.75. The monoisotopic (exact) mass is 214 g/mol. The van der Waals surface area contributed by atoms with Crippen LogP contribution in [0.5, 0.6) is 0 Å². The second-order valence-corrected chi connectivity index (χ2v) is 4.18. The van der Waals surface area contributed by atoms with Crippen LogP contribution in [-0.2, 0) is 6.42 Å². The van der Waals surface area contributed by atoms with Crippen molar-refractivity contribution in [3.63, 3.8) is 0 Å². The summed E-state index contributed by atoms with van der Waals surface area (Å²) in [6.45, 7) is 0. The zero-order chi connectivity index (χ0) is 11.8. The van der Waals surface area contributed by atoms with Gasteiger partial charge in [-0.1, -0.05) is 30.0 Å². The highest BCUT2D eigenvalue weighted by atomic mass is 14.2. The van der Waals surface area contributed by atoms with Crippen molar-refractivity contribution in [2.75, 3.05) is 0 Å². The largest absolute Gasteiger partial charge is 0.115 e. The van der Waals surface area contributed by atoms with E-state index in [1.165, 1.54) is 22.3 Å². The lowest BCUT2D eigenvalue weighted by molar-refractivity contribution is 1.26. The van der Waals surface area contributed by atoms with Gasteiger partial charge in [0.2, 0.25) is 0 Å². The third-order valence-corrected chi connectivity index (χ3v) is 3.23. The van der Waals surface area contributed by atoms with E-state index in [4.69, 9.17) is 12.8 Å². The molecule has 0 amide bonds. The molecule has 17 heavy (non-hydrogen) atoms. The Bertz CT molecular complexity index is 691. The summed E-state index contributed by atoms with van der Waals surface area (Å²) >= 11 is 0. The summed E-state index contributed by atoms with van der Waals surface area (Å²) in [5.41, 5.74) is 6.90. The molecule has 0 unspecified atom stereocenters. The Morgan fingerprint density at radius 2 is 1.82 bits per heavy atom. The van der Waals surface area contributed by atoms with E-state index in [1.807, 2.05) is 18.2 Å². The highest BCUT2D eigenvalue weighted by Gasteiger charge is 2.20. The normalized spacial score (nSPS) is 11.2. The van der Waals surface area contributed by atoms with Crippen molar-refractivity contribution in [3.05, 3.63) is 58.7 Å². The minimum absolute atomic E-state index is 0.926. The highest BCUT2D eigenvalue weighted by molar-refractivity contribution is 5.82. The second-order valence-electron chi connectivity index (χ2n) is 4.18. The van der Waals surface area contributed by atoms with E-state index in [-0.39, 0.29) is 0 Å². The molecule has 0 radical (unpaired) electrons. The predicted octanol–water partition coefficient (Wildman–Crippen LogP) is 3.22. The first-order chi connectivity index (χ1) is 8.33. The summed E-state index contributed by atoms with van der Waals surface area (Å²) in [5, 5.41) is 0. The van der Waals surface area contributed by atoms with Gasteiger partial charge in [-0.25, -0.2) is 0 Å². The van der Waals surface area contributed by atoms with Crippen molar-refractivity contribution in [1.82, 2.24) is 0 Å². The first kappa shape index (κ1) is 9.76. The van der Waals surface area contributed by atoms with Gasteiger partial charge in [0, 0.05) is 16.7 Å². The molecule has 0 saturated carbocycles. The molecular weight excluding hydrogens is 204 g/mol. The second kappa shape index (κ2) is 3.55. The Morgan fingerprint density at radius 1 is 0.941 bits per heavy atom. The number of fused-ring (bicyclic) bond motifs is 3. The van der Waals surface area contributed by atoms with Gasteiger partial charge in [0.05, 0.1) is 0 Å². The van der Waals surface area contributed by atoms with E-state index < -0.39 is 0 Å². The summed E-state index contributed by atoms with van der Waals surface area (Å²) in [7, 11) is 0. The third-order valence-electron chi connectivity index (χ3n) is 3.23. The van der Waals surface area contributed by atoms with Gasteiger partial charge >= 0.3 is 0 Å². The molecule has 78 valence electrons. The topological polar surface area (TPSA) is 0 Å². The first-order valence-electron chi connectivity index (χ1n) is 5.52. The Labute approximate surface area is 101 Å². The summed E-state index contributed by atoms with van der Waals surface area (Å²) in [4.78, 5) is 0. The van der Waals surface area contributed by atoms with E-state index >= 15 is 0 Å². The van der Waals surface area contributed by atoms with Crippen LogP contribution in [0.2, 0.25) is 0 Å². The molecule has 0 N–H and O–H groups in total. The van der Waals surface area contributed by atoms with Gasteiger partial charge in [0.15, 0.2) is 0 Å². The fourth-order valence-corrected chi connectivity index (χ4v) is 2.46. The molecular formula is C17H10. The quantitative estimate of drug-likeness (QED) is 0.504. The number of terminal acetylenes is 2. The Kier molecular flexibility index (Phi) is 2.04. The molecule has 2 aromatic carbocycles. The minimum atomic E-state index is 0.926. The summed E-state index contributed by atoms with van der Waals surface area (Å²) in [6.07, 6.45) is 11.9. The van der Waals surface area contributed by atoms with E-state index in [9.17, 15) is 0 Å². The van der Waals surface area contributed by atoms with Crippen molar-refractivity contribution in [2.24, 2.45) is 0 Å². The fourth-order valence-electron chi connectivity index (χ4n) is 2.46. The van der Waals surface area contributed by atoms with Gasteiger partial charge in [-0.2, -0.15) is 0 Å². The zero-order valence-corrected chi connectivity index (χ0v) is 9.33. The van der Waals surface area contributed by atoms with Crippen molar-refractivity contribution < 1.29 is 0 Å². The predicted molar refractivity (Wildman–Crippen MR) is 70.6 cm³/mol. The third kappa shape index (κ3) is 1.36. The fraction of sp³-hybridized carbons (Fsp3) is 0.0588. The maximum atomic E-state index is 5.55. The standard InChI is InChI=1S/C17H10/c1-3-12-8-9-16-15(10-12)11-14-7-5-6-13(4-2)17(14)16/h1-2,5-10H,11H2. The molecule has 0 bridgehead atoms. The van der Waals surface area contributed by atoms with Gasteiger partial charge < -0.3 is 0 Å². The van der Waals surface area contributed by atoms with Crippen molar-refractivity contribution in [2.45, 2.75) is 6.42 Å². The summed E-state index contributed by atoms with van der Waals surface area (Å²) in [6, 6.07) is 12.3. The smallest absolute Gasteiger partial charge is 0.0324 e. The number of benzene rings is 2. The van der Waals surface area contributed by atoms with Crippen LogP contribution >= 0.6 is 0 Å². The Hall–Kier alpha value is -2.44. The van der Waals surface area contributed by atoms with Gasteiger partial charge in [0.25, 0.3) is 0 Å². The molecule has 0 aliphatic heterocycles. The molecule has 0 saturated heterocycles. The first-order valence-corrected chi connectivity index (χ1v) is 5.52. The van der Waals surface area contributed by atoms with Gasteiger partial charge in [0.1, 0.15) is 0 Å². The molecule has 1 aliphatic rings. The zero-order valence-electron chi connectivity index (χ0n) is 9.33. The molecule has 0 atom stereocenters. The van der Waals surface area contributed by atoms with Crippen LogP contribution in [0.4, 0.5) is 0 Å². The SMILES string of the molecule is C#Cc1ccc2c(c1)Cc1cccc(C#C)c1-2. The lowest BCUT2D eigenvalue weighted by atomic mass is 9.99. The van der Waals surface area contributed by atoms with Crippen molar-refractivity contribution in [3.8, 4) is 35.8 Å². The Morgan fingerprint density at radius 3 is 2.59 bits per heavy atom. The molecule has 0 heterocycles. The molecule has 0 aromatic heterocycles. The molecule has 3 rings (SSSR count). The highest BCUT2D eigenvalue weighted by Crippen LogP contribution is 2.38. The van der Waals surface area contributed by atoms with Crippen LogP contribution in [-0.4, -0.2) is 0 Å².